The molecule has 0 aliphatic heterocycles. The molecular weight excluding hydrogens is 285 g/mol. The van der Waals surface area contributed by atoms with Crippen LogP contribution in [0, 0.1) is 5.82 Å². The van der Waals surface area contributed by atoms with Crippen molar-refractivity contribution in [3.05, 3.63) is 29.6 Å². The van der Waals surface area contributed by atoms with Gasteiger partial charge in [0.25, 0.3) is 0 Å². The maximum atomic E-state index is 14.0. The molecule has 1 rings (SSSR count). The Morgan fingerprint density at radius 1 is 1.41 bits per heavy atom. The second-order valence-corrected chi connectivity index (χ2v) is 5.30. The van der Waals surface area contributed by atoms with Crippen molar-refractivity contribution >= 4 is 15.9 Å². The van der Waals surface area contributed by atoms with Gasteiger partial charge in [0, 0.05) is 23.0 Å². The van der Waals surface area contributed by atoms with Crippen LogP contribution in [0.15, 0.2) is 18.2 Å². The van der Waals surface area contributed by atoms with Gasteiger partial charge in [-0.15, -0.1) is 0 Å². The molecule has 4 heteroatoms. The minimum atomic E-state index is -0.271. The standard InChI is InChI=1S/C13H19BrFNO/c1-13(2,9-14)16(3)8-10-6-5-7-11(17-4)12(10)15/h5-7H,8-9H2,1-4H3. The molecule has 0 aliphatic rings. The van der Waals surface area contributed by atoms with E-state index in [1.807, 2.05) is 13.1 Å². The van der Waals surface area contributed by atoms with Gasteiger partial charge in [0.2, 0.25) is 0 Å². The highest BCUT2D eigenvalue weighted by Gasteiger charge is 2.23. The number of ether oxygens (including phenoxy) is 1. The first kappa shape index (κ1) is 14.5. The average Bonchev–Trinajstić information content (AvgIpc) is 2.31. The molecule has 0 saturated carbocycles. The Morgan fingerprint density at radius 3 is 2.59 bits per heavy atom. The molecule has 0 bridgehead atoms. The van der Waals surface area contributed by atoms with Crippen LogP contribution in [0.1, 0.15) is 19.4 Å². The van der Waals surface area contributed by atoms with Gasteiger partial charge in [-0.3, -0.25) is 4.90 Å². The van der Waals surface area contributed by atoms with Crippen LogP contribution >= 0.6 is 15.9 Å². The molecule has 1 aromatic carbocycles. The second-order valence-electron chi connectivity index (χ2n) is 4.74. The quantitative estimate of drug-likeness (QED) is 0.773. The predicted molar refractivity (Wildman–Crippen MR) is 72.3 cm³/mol. The summed E-state index contributed by atoms with van der Waals surface area (Å²) in [5, 5.41) is 0.835. The molecule has 0 radical (unpaired) electrons. The van der Waals surface area contributed by atoms with Crippen molar-refractivity contribution in [1.29, 1.82) is 0 Å². The Labute approximate surface area is 111 Å². The number of halogens is 2. The molecule has 17 heavy (non-hydrogen) atoms. The number of hydrogen-bond donors (Lipinski definition) is 0. The molecule has 1 aromatic rings. The first-order chi connectivity index (χ1) is 7.92. The average molecular weight is 304 g/mol. The van der Waals surface area contributed by atoms with Crippen LogP contribution in [0.5, 0.6) is 5.75 Å². The molecule has 0 N–H and O–H groups in total. The van der Waals surface area contributed by atoms with Crippen LogP contribution in [-0.2, 0) is 6.54 Å². The summed E-state index contributed by atoms with van der Waals surface area (Å²) in [7, 11) is 3.47. The van der Waals surface area contributed by atoms with Gasteiger partial charge in [0.15, 0.2) is 11.6 Å². The van der Waals surface area contributed by atoms with Crippen LogP contribution in [0.2, 0.25) is 0 Å². The van der Waals surface area contributed by atoms with Gasteiger partial charge in [0.05, 0.1) is 7.11 Å². The number of methoxy groups -OCH3 is 1. The van der Waals surface area contributed by atoms with Crippen molar-refractivity contribution in [2.45, 2.75) is 25.9 Å². The maximum Gasteiger partial charge on any atom is 0.169 e. The number of nitrogens with zero attached hydrogens (tertiary/aromatic N) is 1. The zero-order chi connectivity index (χ0) is 13.1. The van der Waals surface area contributed by atoms with Gasteiger partial charge in [0.1, 0.15) is 0 Å². The molecule has 0 spiro atoms. The molecular formula is C13H19BrFNO. The Balaban J connectivity index is 2.89. The van der Waals surface area contributed by atoms with E-state index >= 15 is 0 Å². The minimum Gasteiger partial charge on any atom is -0.494 e. The maximum absolute atomic E-state index is 14.0. The van der Waals surface area contributed by atoms with Crippen LogP contribution < -0.4 is 4.74 Å². The molecule has 0 heterocycles. The third-order valence-electron chi connectivity index (χ3n) is 3.03. The molecule has 0 aromatic heterocycles. The summed E-state index contributed by atoms with van der Waals surface area (Å²) in [6.07, 6.45) is 0. The Kier molecular flexibility index (Phi) is 4.95. The number of rotatable bonds is 5. The van der Waals surface area contributed by atoms with Crippen molar-refractivity contribution in [2.75, 3.05) is 19.5 Å². The van der Waals surface area contributed by atoms with E-state index in [1.54, 1.807) is 12.1 Å². The SMILES string of the molecule is COc1cccc(CN(C)C(C)(C)CBr)c1F. The summed E-state index contributed by atoms with van der Waals surface area (Å²) in [6.45, 7) is 4.78. The van der Waals surface area contributed by atoms with Gasteiger partial charge < -0.3 is 4.74 Å². The zero-order valence-corrected chi connectivity index (χ0v) is 12.3. The van der Waals surface area contributed by atoms with Crippen LogP contribution in [-0.4, -0.2) is 29.9 Å². The summed E-state index contributed by atoms with van der Waals surface area (Å²) >= 11 is 3.47. The summed E-state index contributed by atoms with van der Waals surface area (Å²) in [6, 6.07) is 5.24. The van der Waals surface area contributed by atoms with E-state index in [9.17, 15) is 4.39 Å². The highest BCUT2D eigenvalue weighted by atomic mass is 79.9. The first-order valence-electron chi connectivity index (χ1n) is 5.51. The summed E-state index contributed by atoms with van der Waals surface area (Å²) < 4.78 is 18.9. The smallest absolute Gasteiger partial charge is 0.169 e. The fourth-order valence-corrected chi connectivity index (χ4v) is 1.84. The largest absolute Gasteiger partial charge is 0.494 e. The van der Waals surface area contributed by atoms with Crippen molar-refractivity contribution in [2.24, 2.45) is 0 Å². The minimum absolute atomic E-state index is 0.0183. The van der Waals surface area contributed by atoms with Crippen LogP contribution in [0.3, 0.4) is 0 Å². The molecule has 0 saturated heterocycles. The van der Waals surface area contributed by atoms with E-state index in [0.29, 0.717) is 17.9 Å². The van der Waals surface area contributed by atoms with Gasteiger partial charge in [-0.1, -0.05) is 28.1 Å². The van der Waals surface area contributed by atoms with E-state index in [2.05, 4.69) is 34.7 Å². The van der Waals surface area contributed by atoms with Crippen molar-refractivity contribution in [3.63, 3.8) is 0 Å². The monoisotopic (exact) mass is 303 g/mol. The lowest BCUT2D eigenvalue weighted by atomic mass is 10.1. The molecule has 0 unspecified atom stereocenters. The van der Waals surface area contributed by atoms with Crippen molar-refractivity contribution in [1.82, 2.24) is 4.90 Å². The second kappa shape index (κ2) is 5.83. The fourth-order valence-electron chi connectivity index (χ4n) is 1.41. The highest BCUT2D eigenvalue weighted by molar-refractivity contribution is 9.09. The van der Waals surface area contributed by atoms with Gasteiger partial charge >= 0.3 is 0 Å². The number of alkyl halides is 1. The summed E-state index contributed by atoms with van der Waals surface area (Å²) in [4.78, 5) is 2.11. The van der Waals surface area contributed by atoms with E-state index < -0.39 is 0 Å². The highest BCUT2D eigenvalue weighted by Crippen LogP contribution is 2.24. The molecule has 2 nitrogen and oxygen atoms in total. The number of benzene rings is 1. The fraction of sp³-hybridized carbons (Fsp3) is 0.538. The first-order valence-corrected chi connectivity index (χ1v) is 6.63. The topological polar surface area (TPSA) is 12.5 Å². The molecule has 96 valence electrons. The Bertz CT molecular complexity index is 382. The van der Waals surface area contributed by atoms with Gasteiger partial charge in [-0.25, -0.2) is 4.39 Å². The van der Waals surface area contributed by atoms with Gasteiger partial charge in [-0.2, -0.15) is 0 Å². The molecule has 0 aliphatic carbocycles. The summed E-state index contributed by atoms with van der Waals surface area (Å²) in [5.74, 6) is 0.0276. The molecule has 0 fully saturated rings. The predicted octanol–water partition coefficient (Wildman–Crippen LogP) is 3.44. The number of hydrogen-bond acceptors (Lipinski definition) is 2. The van der Waals surface area contributed by atoms with E-state index in [4.69, 9.17) is 4.74 Å². The third kappa shape index (κ3) is 3.42. The normalized spacial score (nSPS) is 11.9. The molecule has 0 atom stereocenters. The van der Waals surface area contributed by atoms with Crippen LogP contribution in [0.25, 0.3) is 0 Å². The Hall–Kier alpha value is -0.610. The van der Waals surface area contributed by atoms with Crippen molar-refractivity contribution in [3.8, 4) is 5.75 Å². The van der Waals surface area contributed by atoms with E-state index in [-0.39, 0.29) is 11.4 Å². The van der Waals surface area contributed by atoms with Gasteiger partial charge in [-0.05, 0) is 27.0 Å². The lowest BCUT2D eigenvalue weighted by molar-refractivity contribution is 0.171. The van der Waals surface area contributed by atoms with Crippen molar-refractivity contribution < 1.29 is 9.13 Å². The Morgan fingerprint density at radius 2 is 2.06 bits per heavy atom. The third-order valence-corrected chi connectivity index (χ3v) is 4.40. The molecule has 0 amide bonds. The van der Waals surface area contributed by atoms with E-state index in [0.717, 1.165) is 5.33 Å². The summed E-state index contributed by atoms with van der Waals surface area (Å²) in [5.41, 5.74) is 0.635. The lowest BCUT2D eigenvalue weighted by Gasteiger charge is -2.34. The van der Waals surface area contributed by atoms with Crippen LogP contribution in [0.4, 0.5) is 4.39 Å². The lowest BCUT2D eigenvalue weighted by Crippen LogP contribution is -2.42. The zero-order valence-electron chi connectivity index (χ0n) is 10.8. The van der Waals surface area contributed by atoms with E-state index in [1.165, 1.54) is 7.11 Å².